The first-order valence-electron chi connectivity index (χ1n) is 5.92. The average Bonchev–Trinajstić information content (AvgIpc) is 2.83. The van der Waals surface area contributed by atoms with E-state index in [1.54, 1.807) is 7.11 Å². The molecule has 0 aliphatic rings. The van der Waals surface area contributed by atoms with Crippen LogP contribution >= 0.6 is 0 Å². The Labute approximate surface area is 107 Å². The van der Waals surface area contributed by atoms with Gasteiger partial charge in [-0.15, -0.1) is 0 Å². The van der Waals surface area contributed by atoms with Crippen molar-refractivity contribution in [2.45, 2.75) is 19.9 Å². The first-order chi connectivity index (χ1) is 8.69. The van der Waals surface area contributed by atoms with Crippen molar-refractivity contribution >= 4 is 6.21 Å². The van der Waals surface area contributed by atoms with Crippen LogP contribution in [-0.4, -0.2) is 13.3 Å². The predicted molar refractivity (Wildman–Crippen MR) is 72.4 cm³/mol. The van der Waals surface area contributed by atoms with Crippen LogP contribution in [-0.2, 0) is 0 Å². The van der Waals surface area contributed by atoms with Gasteiger partial charge < -0.3 is 9.15 Å². The third kappa shape index (κ3) is 3.00. The first kappa shape index (κ1) is 12.4. The first-order valence-corrected chi connectivity index (χ1v) is 5.92. The summed E-state index contributed by atoms with van der Waals surface area (Å²) in [6, 6.07) is 11.7. The summed E-state index contributed by atoms with van der Waals surface area (Å²) in [7, 11) is 1.66. The molecular formula is C15H17NO2. The Morgan fingerprint density at radius 1 is 1.17 bits per heavy atom. The van der Waals surface area contributed by atoms with E-state index in [-0.39, 0.29) is 6.04 Å². The molecule has 0 saturated carbocycles. The maximum Gasteiger partial charge on any atom is 0.128 e. The number of furan rings is 1. The normalized spacial score (nSPS) is 12.8. The van der Waals surface area contributed by atoms with Gasteiger partial charge in [-0.25, -0.2) is 0 Å². The van der Waals surface area contributed by atoms with Crippen LogP contribution in [0.5, 0.6) is 5.75 Å². The molecule has 0 fully saturated rings. The Morgan fingerprint density at radius 2 is 1.89 bits per heavy atom. The maximum absolute atomic E-state index is 5.54. The molecule has 0 radical (unpaired) electrons. The fourth-order valence-electron chi connectivity index (χ4n) is 1.64. The van der Waals surface area contributed by atoms with Crippen molar-refractivity contribution in [2.24, 2.45) is 4.99 Å². The van der Waals surface area contributed by atoms with Crippen LogP contribution in [0.15, 0.2) is 45.8 Å². The van der Waals surface area contributed by atoms with Crippen LogP contribution in [0.4, 0.5) is 0 Å². The standard InChI is InChI=1S/C15H17NO2/c1-11-4-9-15(18-11)12(2)16-10-13-5-7-14(17-3)8-6-13/h4-10,12H,1-3H3/t12-/m1/s1. The molecule has 0 saturated heterocycles. The Bertz CT molecular complexity index is 526. The van der Waals surface area contributed by atoms with Crippen LogP contribution in [0.2, 0.25) is 0 Å². The number of hydrogen-bond acceptors (Lipinski definition) is 3. The molecule has 1 atom stereocenters. The molecule has 94 valence electrons. The van der Waals surface area contributed by atoms with Gasteiger partial charge in [-0.2, -0.15) is 0 Å². The number of rotatable bonds is 4. The smallest absolute Gasteiger partial charge is 0.128 e. The maximum atomic E-state index is 5.54. The van der Waals surface area contributed by atoms with E-state index in [0.29, 0.717) is 0 Å². The summed E-state index contributed by atoms with van der Waals surface area (Å²) in [6.45, 7) is 3.95. The molecule has 1 aromatic carbocycles. The topological polar surface area (TPSA) is 34.7 Å². The van der Waals surface area contributed by atoms with Gasteiger partial charge in [-0.3, -0.25) is 4.99 Å². The van der Waals surface area contributed by atoms with Gasteiger partial charge in [-0.1, -0.05) is 0 Å². The summed E-state index contributed by atoms with van der Waals surface area (Å²) in [5.74, 6) is 2.65. The second kappa shape index (κ2) is 5.54. The van der Waals surface area contributed by atoms with Crippen LogP contribution in [0.1, 0.15) is 30.0 Å². The quantitative estimate of drug-likeness (QED) is 0.766. The highest BCUT2D eigenvalue weighted by atomic mass is 16.5. The molecule has 18 heavy (non-hydrogen) atoms. The van der Waals surface area contributed by atoms with Gasteiger partial charge in [0.15, 0.2) is 0 Å². The number of hydrogen-bond donors (Lipinski definition) is 0. The molecule has 0 aliphatic heterocycles. The number of methoxy groups -OCH3 is 1. The minimum atomic E-state index is 0.0285. The van der Waals surface area contributed by atoms with E-state index >= 15 is 0 Å². The Morgan fingerprint density at radius 3 is 2.44 bits per heavy atom. The van der Waals surface area contributed by atoms with Gasteiger partial charge in [0.2, 0.25) is 0 Å². The van der Waals surface area contributed by atoms with E-state index < -0.39 is 0 Å². The molecule has 2 rings (SSSR count). The summed E-state index contributed by atoms with van der Waals surface area (Å²) in [5, 5.41) is 0. The predicted octanol–water partition coefficient (Wildman–Crippen LogP) is 3.78. The molecule has 0 N–H and O–H groups in total. The minimum absolute atomic E-state index is 0.0285. The monoisotopic (exact) mass is 243 g/mol. The van der Waals surface area contributed by atoms with Gasteiger partial charge >= 0.3 is 0 Å². The fourth-order valence-corrected chi connectivity index (χ4v) is 1.64. The summed E-state index contributed by atoms with van der Waals surface area (Å²) in [6.07, 6.45) is 1.85. The van der Waals surface area contributed by atoms with Gasteiger partial charge in [-0.05, 0) is 55.8 Å². The van der Waals surface area contributed by atoms with Crippen molar-refractivity contribution in [3.8, 4) is 5.75 Å². The third-order valence-corrected chi connectivity index (χ3v) is 2.74. The SMILES string of the molecule is COc1ccc(C=N[C@H](C)c2ccc(C)o2)cc1. The van der Waals surface area contributed by atoms with E-state index in [2.05, 4.69) is 4.99 Å². The van der Waals surface area contributed by atoms with Crippen molar-refractivity contribution in [2.75, 3.05) is 7.11 Å². The molecule has 3 nitrogen and oxygen atoms in total. The number of aliphatic imine (C=N–C) groups is 1. The second-order valence-corrected chi connectivity index (χ2v) is 4.18. The van der Waals surface area contributed by atoms with Crippen LogP contribution < -0.4 is 4.74 Å². The molecule has 0 unspecified atom stereocenters. The van der Waals surface area contributed by atoms with Gasteiger partial charge in [0.05, 0.1) is 7.11 Å². The van der Waals surface area contributed by atoms with Crippen molar-refractivity contribution in [3.63, 3.8) is 0 Å². The Balaban J connectivity index is 2.05. The molecule has 2 aromatic rings. The highest BCUT2D eigenvalue weighted by Gasteiger charge is 2.06. The lowest BCUT2D eigenvalue weighted by molar-refractivity contribution is 0.415. The largest absolute Gasteiger partial charge is 0.497 e. The van der Waals surface area contributed by atoms with Crippen molar-refractivity contribution in [3.05, 3.63) is 53.5 Å². The second-order valence-electron chi connectivity index (χ2n) is 4.18. The van der Waals surface area contributed by atoms with Crippen molar-refractivity contribution in [1.82, 2.24) is 0 Å². The lowest BCUT2D eigenvalue weighted by Crippen LogP contribution is -1.89. The zero-order valence-corrected chi connectivity index (χ0v) is 10.9. The van der Waals surface area contributed by atoms with E-state index in [0.717, 1.165) is 22.8 Å². The molecule has 0 aliphatic carbocycles. The zero-order chi connectivity index (χ0) is 13.0. The van der Waals surface area contributed by atoms with E-state index in [4.69, 9.17) is 9.15 Å². The summed E-state index contributed by atoms with van der Waals surface area (Å²) < 4.78 is 10.6. The highest BCUT2D eigenvalue weighted by Crippen LogP contribution is 2.19. The van der Waals surface area contributed by atoms with Crippen LogP contribution in [0, 0.1) is 6.92 Å². The summed E-state index contributed by atoms with van der Waals surface area (Å²) in [5.41, 5.74) is 1.05. The Hall–Kier alpha value is -2.03. The number of aryl methyl sites for hydroxylation is 1. The van der Waals surface area contributed by atoms with E-state index in [1.807, 2.05) is 56.5 Å². The number of nitrogens with zero attached hydrogens (tertiary/aromatic N) is 1. The molecular weight excluding hydrogens is 226 g/mol. The molecule has 3 heteroatoms. The highest BCUT2D eigenvalue weighted by molar-refractivity contribution is 5.79. The molecule has 0 amide bonds. The number of benzene rings is 1. The lowest BCUT2D eigenvalue weighted by atomic mass is 10.2. The van der Waals surface area contributed by atoms with Crippen LogP contribution in [0.3, 0.4) is 0 Å². The minimum Gasteiger partial charge on any atom is -0.497 e. The van der Waals surface area contributed by atoms with Gasteiger partial charge in [0.1, 0.15) is 23.3 Å². The average molecular weight is 243 g/mol. The Kier molecular flexibility index (Phi) is 3.82. The van der Waals surface area contributed by atoms with Crippen molar-refractivity contribution in [1.29, 1.82) is 0 Å². The van der Waals surface area contributed by atoms with E-state index in [9.17, 15) is 0 Å². The molecule has 0 bridgehead atoms. The summed E-state index contributed by atoms with van der Waals surface area (Å²) >= 11 is 0. The van der Waals surface area contributed by atoms with Gasteiger partial charge in [0, 0.05) is 6.21 Å². The van der Waals surface area contributed by atoms with Gasteiger partial charge in [0.25, 0.3) is 0 Å². The molecule has 0 spiro atoms. The zero-order valence-electron chi connectivity index (χ0n) is 10.9. The number of ether oxygens (including phenoxy) is 1. The molecule has 1 heterocycles. The third-order valence-electron chi connectivity index (χ3n) is 2.74. The summed E-state index contributed by atoms with van der Waals surface area (Å²) in [4.78, 5) is 4.47. The van der Waals surface area contributed by atoms with Crippen molar-refractivity contribution < 1.29 is 9.15 Å². The lowest BCUT2D eigenvalue weighted by Gasteiger charge is -2.02. The molecule has 1 aromatic heterocycles. The fraction of sp³-hybridized carbons (Fsp3) is 0.267. The van der Waals surface area contributed by atoms with Crippen LogP contribution in [0.25, 0.3) is 0 Å². The van der Waals surface area contributed by atoms with E-state index in [1.165, 1.54) is 0 Å².